The molecule has 5 N–H and O–H groups in total. The van der Waals surface area contributed by atoms with Gasteiger partial charge in [0.2, 0.25) is 0 Å². The van der Waals surface area contributed by atoms with E-state index in [-0.39, 0.29) is 11.3 Å². The fourth-order valence-corrected chi connectivity index (χ4v) is 2.38. The highest BCUT2D eigenvalue weighted by Crippen LogP contribution is 2.36. The van der Waals surface area contributed by atoms with Crippen LogP contribution in [0.2, 0.25) is 0 Å². The number of hydrogen-bond acceptors (Lipinski definition) is 5. The van der Waals surface area contributed by atoms with E-state index in [0.29, 0.717) is 15.8 Å². The number of carbonyl (C=O) groups is 1. The van der Waals surface area contributed by atoms with Gasteiger partial charge in [0.25, 0.3) is 5.91 Å². The van der Waals surface area contributed by atoms with Gasteiger partial charge in [-0.1, -0.05) is 0 Å². The molecular weight excluding hydrogens is 224 g/mol. The van der Waals surface area contributed by atoms with Crippen LogP contribution in [0.4, 0.5) is 10.7 Å². The molecule has 1 amide bonds. The molecule has 6 heteroatoms. The van der Waals surface area contributed by atoms with Gasteiger partial charge in [-0.25, -0.2) is 0 Å². The molecular formula is C10H12N4OS. The summed E-state index contributed by atoms with van der Waals surface area (Å²) in [4.78, 5) is 11.6. The maximum absolute atomic E-state index is 11.2. The van der Waals surface area contributed by atoms with Crippen molar-refractivity contribution in [3.05, 3.63) is 10.4 Å². The topological polar surface area (TPSA) is 105 Å². The minimum Gasteiger partial charge on any atom is -0.396 e. The van der Waals surface area contributed by atoms with E-state index in [1.807, 2.05) is 6.07 Å². The number of primary amides is 1. The number of nitrogens with zero attached hydrogens (tertiary/aromatic N) is 1. The van der Waals surface area contributed by atoms with E-state index in [4.69, 9.17) is 16.7 Å². The molecule has 0 spiro atoms. The molecule has 2 rings (SSSR count). The molecule has 0 aromatic carbocycles. The zero-order valence-corrected chi connectivity index (χ0v) is 9.43. The number of hydrogen-bond donors (Lipinski definition) is 3. The fraction of sp³-hybridized carbons (Fsp3) is 0.400. The molecule has 1 aromatic rings. The predicted octanol–water partition coefficient (Wildman–Crippen LogP) is 1.12. The lowest BCUT2D eigenvalue weighted by molar-refractivity contribution is 0.100. The van der Waals surface area contributed by atoms with Gasteiger partial charge < -0.3 is 16.8 Å². The Bertz CT molecular complexity index is 470. The average Bonchev–Trinajstić information content (AvgIpc) is 2.99. The standard InChI is InChI=1S/C10H12N4OS/c11-3-6-8(12)7(9(13)15)10(16-6)14-4-5-1-2-5/h5,14H,1-2,4,12H2,(H2,13,15). The van der Waals surface area contributed by atoms with E-state index < -0.39 is 5.91 Å². The number of amides is 1. The first-order chi connectivity index (χ1) is 7.63. The third kappa shape index (κ3) is 1.95. The van der Waals surface area contributed by atoms with Crippen molar-refractivity contribution in [2.24, 2.45) is 11.7 Å². The lowest BCUT2D eigenvalue weighted by Gasteiger charge is -2.04. The maximum atomic E-state index is 11.2. The summed E-state index contributed by atoms with van der Waals surface area (Å²) in [6.45, 7) is 0.811. The quantitative estimate of drug-likeness (QED) is 0.728. The summed E-state index contributed by atoms with van der Waals surface area (Å²) in [6, 6.07) is 1.96. The van der Waals surface area contributed by atoms with Gasteiger partial charge in [-0.05, 0) is 18.8 Å². The van der Waals surface area contributed by atoms with Crippen LogP contribution in [0.1, 0.15) is 28.1 Å². The number of carbonyl (C=O) groups excluding carboxylic acids is 1. The Morgan fingerprint density at radius 3 is 2.81 bits per heavy atom. The van der Waals surface area contributed by atoms with E-state index in [9.17, 15) is 4.79 Å². The normalized spacial score (nSPS) is 14.4. The van der Waals surface area contributed by atoms with E-state index >= 15 is 0 Å². The highest BCUT2D eigenvalue weighted by atomic mass is 32.1. The molecule has 0 aliphatic heterocycles. The van der Waals surface area contributed by atoms with Gasteiger partial charge in [-0.2, -0.15) is 5.26 Å². The van der Waals surface area contributed by atoms with Crippen LogP contribution in [-0.4, -0.2) is 12.5 Å². The Hall–Kier alpha value is -1.74. The summed E-state index contributed by atoms with van der Waals surface area (Å²) in [5, 5.41) is 12.6. The highest BCUT2D eigenvalue weighted by Gasteiger charge is 2.24. The number of nitrogens with one attached hydrogen (secondary N) is 1. The van der Waals surface area contributed by atoms with Crippen molar-refractivity contribution < 1.29 is 4.79 Å². The van der Waals surface area contributed by atoms with E-state index in [2.05, 4.69) is 5.32 Å². The van der Waals surface area contributed by atoms with Crippen molar-refractivity contribution in [3.8, 4) is 6.07 Å². The molecule has 0 bridgehead atoms. The summed E-state index contributed by atoms with van der Waals surface area (Å²) in [5.41, 5.74) is 11.4. The van der Waals surface area contributed by atoms with Crippen LogP contribution in [-0.2, 0) is 0 Å². The Morgan fingerprint density at radius 1 is 1.62 bits per heavy atom. The molecule has 5 nitrogen and oxygen atoms in total. The summed E-state index contributed by atoms with van der Waals surface area (Å²) < 4.78 is 0. The van der Waals surface area contributed by atoms with Gasteiger partial charge in [-0.15, -0.1) is 11.3 Å². The van der Waals surface area contributed by atoms with E-state index in [0.717, 1.165) is 6.54 Å². The molecule has 0 unspecified atom stereocenters. The van der Waals surface area contributed by atoms with Gasteiger partial charge in [-0.3, -0.25) is 4.79 Å². The molecule has 16 heavy (non-hydrogen) atoms. The number of nitrogens with two attached hydrogens (primary N) is 2. The second-order valence-corrected chi connectivity index (χ2v) is 4.87. The Kier molecular flexibility index (Phi) is 2.71. The molecule has 1 aliphatic carbocycles. The van der Waals surface area contributed by atoms with Crippen LogP contribution in [0.25, 0.3) is 0 Å². The van der Waals surface area contributed by atoms with E-state index in [1.54, 1.807) is 0 Å². The van der Waals surface area contributed by atoms with Crippen LogP contribution in [0.3, 0.4) is 0 Å². The van der Waals surface area contributed by atoms with Crippen molar-refractivity contribution >= 4 is 27.9 Å². The first kappa shape index (κ1) is 10.8. The lowest BCUT2D eigenvalue weighted by Crippen LogP contribution is -2.15. The summed E-state index contributed by atoms with van der Waals surface area (Å²) in [7, 11) is 0. The molecule has 1 saturated carbocycles. The molecule has 0 saturated heterocycles. The third-order valence-corrected chi connectivity index (χ3v) is 3.61. The molecule has 1 fully saturated rings. The second kappa shape index (κ2) is 4.02. The van der Waals surface area contributed by atoms with Crippen LogP contribution in [0.15, 0.2) is 0 Å². The van der Waals surface area contributed by atoms with Crippen LogP contribution in [0, 0.1) is 17.2 Å². The van der Waals surface area contributed by atoms with Crippen molar-refractivity contribution in [1.29, 1.82) is 5.26 Å². The van der Waals surface area contributed by atoms with Gasteiger partial charge in [0, 0.05) is 6.54 Å². The molecule has 1 aromatic heterocycles. The average molecular weight is 236 g/mol. The van der Waals surface area contributed by atoms with Crippen molar-refractivity contribution in [1.82, 2.24) is 0 Å². The Morgan fingerprint density at radius 2 is 2.31 bits per heavy atom. The highest BCUT2D eigenvalue weighted by molar-refractivity contribution is 7.17. The first-order valence-corrected chi connectivity index (χ1v) is 5.81. The number of nitrogen functional groups attached to an aromatic ring is 1. The largest absolute Gasteiger partial charge is 0.396 e. The fourth-order valence-electron chi connectivity index (χ4n) is 1.46. The first-order valence-electron chi connectivity index (χ1n) is 4.99. The number of rotatable bonds is 4. The van der Waals surface area contributed by atoms with Crippen LogP contribution < -0.4 is 16.8 Å². The summed E-state index contributed by atoms with van der Waals surface area (Å²) in [6.07, 6.45) is 2.43. The SMILES string of the molecule is N#Cc1sc(NCC2CC2)c(C(N)=O)c1N. The van der Waals surface area contributed by atoms with E-state index in [1.165, 1.54) is 24.2 Å². The van der Waals surface area contributed by atoms with Crippen LogP contribution in [0.5, 0.6) is 0 Å². The summed E-state index contributed by atoms with van der Waals surface area (Å²) in [5.74, 6) is 0.0862. The second-order valence-electron chi connectivity index (χ2n) is 3.85. The lowest BCUT2D eigenvalue weighted by atomic mass is 10.2. The minimum atomic E-state index is -0.589. The van der Waals surface area contributed by atoms with Crippen molar-refractivity contribution in [2.75, 3.05) is 17.6 Å². The molecule has 1 heterocycles. The predicted molar refractivity (Wildman–Crippen MR) is 63.2 cm³/mol. The number of anilines is 2. The minimum absolute atomic E-state index is 0.193. The maximum Gasteiger partial charge on any atom is 0.253 e. The molecule has 0 atom stereocenters. The smallest absolute Gasteiger partial charge is 0.253 e. The van der Waals surface area contributed by atoms with Gasteiger partial charge >= 0.3 is 0 Å². The van der Waals surface area contributed by atoms with Crippen molar-refractivity contribution in [3.63, 3.8) is 0 Å². The zero-order valence-electron chi connectivity index (χ0n) is 8.62. The van der Waals surface area contributed by atoms with Gasteiger partial charge in [0.15, 0.2) is 0 Å². The van der Waals surface area contributed by atoms with Gasteiger partial charge in [0.05, 0.1) is 11.3 Å². The molecule has 1 aliphatic rings. The Labute approximate surface area is 97.0 Å². The number of thiophene rings is 1. The molecule has 84 valence electrons. The van der Waals surface area contributed by atoms with Gasteiger partial charge in [0.1, 0.15) is 15.9 Å². The Balaban J connectivity index is 2.27. The summed E-state index contributed by atoms with van der Waals surface area (Å²) >= 11 is 1.19. The molecule has 0 radical (unpaired) electrons. The number of nitriles is 1. The van der Waals surface area contributed by atoms with Crippen molar-refractivity contribution in [2.45, 2.75) is 12.8 Å². The van der Waals surface area contributed by atoms with Crippen LogP contribution >= 0.6 is 11.3 Å². The zero-order chi connectivity index (χ0) is 11.7. The third-order valence-electron chi connectivity index (χ3n) is 2.54. The monoisotopic (exact) mass is 236 g/mol.